The third kappa shape index (κ3) is 6.33. The van der Waals surface area contributed by atoms with E-state index in [0.29, 0.717) is 22.9 Å². The van der Waals surface area contributed by atoms with Gasteiger partial charge in [-0.15, -0.1) is 11.3 Å². The van der Waals surface area contributed by atoms with Crippen LogP contribution in [0.15, 0.2) is 84.2 Å². The van der Waals surface area contributed by atoms with Crippen LogP contribution < -0.4 is 15.6 Å². The molecule has 0 saturated carbocycles. The van der Waals surface area contributed by atoms with Crippen LogP contribution in [0.25, 0.3) is 10.6 Å². The van der Waals surface area contributed by atoms with E-state index in [-0.39, 0.29) is 11.6 Å². The number of ether oxygens (including phenoxy) is 1. The molecule has 0 fully saturated rings. The Balaban J connectivity index is 1.40. The van der Waals surface area contributed by atoms with Crippen molar-refractivity contribution >= 4 is 23.2 Å². The second-order valence-electron chi connectivity index (χ2n) is 7.98. The Morgan fingerprint density at radius 2 is 1.60 bits per heavy atom. The lowest BCUT2D eigenvalue weighted by molar-refractivity contribution is 0.0844. The highest BCUT2D eigenvalue weighted by molar-refractivity contribution is 7.13. The molecule has 6 nitrogen and oxygen atoms in total. The second kappa shape index (κ2) is 11.9. The molecule has 2 amide bonds. The maximum Gasteiger partial charge on any atom is 0.289 e. The molecular formula is C28H27N3O3S. The van der Waals surface area contributed by atoms with Gasteiger partial charge in [0.15, 0.2) is 0 Å². The van der Waals surface area contributed by atoms with Crippen LogP contribution in [-0.4, -0.2) is 16.8 Å². The van der Waals surface area contributed by atoms with Crippen molar-refractivity contribution in [2.24, 2.45) is 0 Å². The minimum Gasteiger partial charge on any atom is -0.488 e. The quantitative estimate of drug-likeness (QED) is 0.293. The molecule has 0 radical (unpaired) electrons. The molecule has 178 valence electrons. The van der Waals surface area contributed by atoms with E-state index < -0.39 is 5.91 Å². The number of carbonyl (C=O) groups excluding carboxylic acids is 2. The number of unbranched alkanes of at least 4 members (excludes halogenated alkanes) is 1. The van der Waals surface area contributed by atoms with Gasteiger partial charge >= 0.3 is 0 Å². The van der Waals surface area contributed by atoms with Crippen LogP contribution in [0, 0.1) is 0 Å². The summed E-state index contributed by atoms with van der Waals surface area (Å²) < 4.78 is 6.02. The second-order valence-corrected chi connectivity index (χ2v) is 8.84. The lowest BCUT2D eigenvalue weighted by Crippen LogP contribution is -2.42. The SMILES string of the molecule is CCCCc1ccccc1C(=O)NNC(=O)c1csc(-c2ccccc2OCc2ccccc2)n1. The molecule has 2 N–H and O–H groups in total. The van der Waals surface area contributed by atoms with Gasteiger partial charge in [0.25, 0.3) is 11.8 Å². The van der Waals surface area contributed by atoms with Crippen LogP contribution in [-0.2, 0) is 13.0 Å². The Kier molecular flexibility index (Phi) is 8.25. The molecule has 0 aliphatic rings. The summed E-state index contributed by atoms with van der Waals surface area (Å²) in [6.45, 7) is 2.54. The third-order valence-electron chi connectivity index (χ3n) is 5.44. The van der Waals surface area contributed by atoms with Crippen molar-refractivity contribution in [1.82, 2.24) is 15.8 Å². The Morgan fingerprint density at radius 3 is 2.43 bits per heavy atom. The van der Waals surface area contributed by atoms with Crippen LogP contribution >= 0.6 is 11.3 Å². The summed E-state index contributed by atoms with van der Waals surface area (Å²) >= 11 is 1.34. The standard InChI is InChI=1S/C28H27N3O3S/c1-2-3-13-21-14-7-8-15-22(21)26(32)30-31-27(33)24-19-35-28(29-24)23-16-9-10-17-25(23)34-18-20-11-5-4-6-12-20/h4-12,14-17,19H,2-3,13,18H2,1H3,(H,30,32)(H,31,33). The van der Waals surface area contributed by atoms with Crippen molar-refractivity contribution in [3.8, 4) is 16.3 Å². The molecule has 0 aliphatic carbocycles. The molecule has 0 saturated heterocycles. The molecule has 1 aromatic heterocycles. The fourth-order valence-electron chi connectivity index (χ4n) is 3.58. The number of nitrogens with one attached hydrogen (secondary N) is 2. The number of aryl methyl sites for hydroxylation is 1. The number of rotatable bonds is 9. The molecule has 35 heavy (non-hydrogen) atoms. The van der Waals surface area contributed by atoms with Crippen molar-refractivity contribution in [3.63, 3.8) is 0 Å². The highest BCUT2D eigenvalue weighted by Crippen LogP contribution is 2.32. The normalized spacial score (nSPS) is 10.5. The Hall–Kier alpha value is -3.97. The van der Waals surface area contributed by atoms with Gasteiger partial charge in [0.2, 0.25) is 0 Å². The molecule has 0 bridgehead atoms. The Labute approximate surface area is 209 Å². The van der Waals surface area contributed by atoms with Crippen LogP contribution in [0.4, 0.5) is 0 Å². The highest BCUT2D eigenvalue weighted by atomic mass is 32.1. The Morgan fingerprint density at radius 1 is 0.886 bits per heavy atom. The summed E-state index contributed by atoms with van der Waals surface area (Å²) in [6.07, 6.45) is 2.85. The topological polar surface area (TPSA) is 80.3 Å². The maximum absolute atomic E-state index is 12.7. The van der Waals surface area contributed by atoms with E-state index in [1.54, 1.807) is 11.4 Å². The summed E-state index contributed by atoms with van der Waals surface area (Å²) in [4.78, 5) is 29.8. The monoisotopic (exact) mass is 485 g/mol. The van der Waals surface area contributed by atoms with Gasteiger partial charge < -0.3 is 4.74 Å². The van der Waals surface area contributed by atoms with E-state index in [4.69, 9.17) is 4.74 Å². The van der Waals surface area contributed by atoms with Crippen molar-refractivity contribution in [2.75, 3.05) is 0 Å². The average molecular weight is 486 g/mol. The molecule has 3 aromatic carbocycles. The summed E-state index contributed by atoms with van der Waals surface area (Å²) in [5, 5.41) is 2.33. The number of thiazole rings is 1. The third-order valence-corrected chi connectivity index (χ3v) is 6.32. The molecule has 0 unspecified atom stereocenters. The van der Waals surface area contributed by atoms with Gasteiger partial charge in [-0.2, -0.15) is 0 Å². The fraction of sp³-hybridized carbons (Fsp3) is 0.179. The van der Waals surface area contributed by atoms with Crippen molar-refractivity contribution in [2.45, 2.75) is 32.8 Å². The van der Waals surface area contributed by atoms with E-state index in [9.17, 15) is 9.59 Å². The number of carbonyl (C=O) groups is 2. The predicted molar refractivity (Wildman–Crippen MR) is 138 cm³/mol. The lowest BCUT2D eigenvalue weighted by atomic mass is 10.0. The first-order valence-electron chi connectivity index (χ1n) is 11.6. The fourth-order valence-corrected chi connectivity index (χ4v) is 4.41. The Bertz CT molecular complexity index is 1290. The average Bonchev–Trinajstić information content (AvgIpc) is 3.40. The number of amides is 2. The number of hydrogen-bond acceptors (Lipinski definition) is 5. The number of benzene rings is 3. The molecule has 0 aliphatic heterocycles. The minimum atomic E-state index is -0.477. The molecule has 0 spiro atoms. The van der Waals surface area contributed by atoms with Gasteiger partial charge in [-0.05, 0) is 42.2 Å². The highest BCUT2D eigenvalue weighted by Gasteiger charge is 2.17. The maximum atomic E-state index is 12.7. The summed E-state index contributed by atoms with van der Waals surface area (Å²) in [6, 6.07) is 25.0. The summed E-state index contributed by atoms with van der Waals surface area (Å²) in [7, 11) is 0. The van der Waals surface area contributed by atoms with E-state index in [2.05, 4.69) is 22.8 Å². The number of aromatic nitrogens is 1. The van der Waals surface area contributed by atoms with Crippen molar-refractivity contribution < 1.29 is 14.3 Å². The lowest BCUT2D eigenvalue weighted by Gasteiger charge is -2.10. The zero-order chi connectivity index (χ0) is 24.5. The molecular weight excluding hydrogens is 458 g/mol. The van der Waals surface area contributed by atoms with Crippen molar-refractivity contribution in [1.29, 1.82) is 0 Å². The number of hydrazine groups is 1. The molecule has 0 atom stereocenters. The first-order valence-corrected chi connectivity index (χ1v) is 12.4. The molecule has 1 heterocycles. The molecule has 4 rings (SSSR count). The van der Waals surface area contributed by atoms with Crippen molar-refractivity contribution in [3.05, 3.63) is 107 Å². The number of hydrogen-bond donors (Lipinski definition) is 2. The van der Waals surface area contributed by atoms with E-state index in [0.717, 1.165) is 36.0 Å². The van der Waals surface area contributed by atoms with Crippen LogP contribution in [0.1, 0.15) is 51.7 Å². The number of nitrogens with zero attached hydrogens (tertiary/aromatic N) is 1. The van der Waals surface area contributed by atoms with E-state index >= 15 is 0 Å². The van der Waals surface area contributed by atoms with Gasteiger partial charge in [0.05, 0.1) is 5.56 Å². The van der Waals surface area contributed by atoms with Crippen LogP contribution in [0.5, 0.6) is 5.75 Å². The first-order chi connectivity index (χ1) is 17.2. The molecule has 4 aromatic rings. The summed E-state index contributed by atoms with van der Waals surface area (Å²) in [5.41, 5.74) is 8.61. The van der Waals surface area contributed by atoms with E-state index in [1.165, 1.54) is 11.3 Å². The number of para-hydroxylation sites is 1. The smallest absolute Gasteiger partial charge is 0.289 e. The summed E-state index contributed by atoms with van der Waals surface area (Å²) in [5.74, 6) is -0.135. The largest absolute Gasteiger partial charge is 0.488 e. The van der Waals surface area contributed by atoms with E-state index in [1.807, 2.05) is 72.8 Å². The van der Waals surface area contributed by atoms with Gasteiger partial charge in [-0.1, -0.05) is 74.0 Å². The first kappa shape index (κ1) is 24.2. The molecule has 7 heteroatoms. The van der Waals surface area contributed by atoms with Crippen LogP contribution in [0.3, 0.4) is 0 Å². The van der Waals surface area contributed by atoms with Gasteiger partial charge in [0, 0.05) is 10.9 Å². The van der Waals surface area contributed by atoms with Gasteiger partial charge in [0.1, 0.15) is 23.1 Å². The van der Waals surface area contributed by atoms with Gasteiger partial charge in [-0.3, -0.25) is 20.4 Å². The minimum absolute atomic E-state index is 0.224. The zero-order valence-electron chi connectivity index (χ0n) is 19.5. The van der Waals surface area contributed by atoms with Crippen LogP contribution in [0.2, 0.25) is 0 Å². The predicted octanol–water partition coefficient (Wildman–Crippen LogP) is 5.81. The van der Waals surface area contributed by atoms with Gasteiger partial charge in [-0.25, -0.2) is 4.98 Å². The zero-order valence-corrected chi connectivity index (χ0v) is 20.3.